The largest absolute Gasteiger partial charge is 0.489 e. The first kappa shape index (κ1) is 13.9. The van der Waals surface area contributed by atoms with Crippen LogP contribution in [0.3, 0.4) is 0 Å². The van der Waals surface area contributed by atoms with E-state index in [0.717, 1.165) is 19.3 Å². The van der Waals surface area contributed by atoms with E-state index in [-0.39, 0.29) is 12.1 Å². The van der Waals surface area contributed by atoms with Crippen molar-refractivity contribution in [1.82, 2.24) is 5.32 Å². The maximum absolute atomic E-state index is 12.0. The maximum Gasteiger partial charge on any atom is 0.319 e. The minimum atomic E-state index is -0.219. The fourth-order valence-corrected chi connectivity index (χ4v) is 2.75. The van der Waals surface area contributed by atoms with Crippen LogP contribution in [0.1, 0.15) is 32.1 Å². The summed E-state index contributed by atoms with van der Waals surface area (Å²) in [5.74, 6) is 1.25. The number of fused-ring (bicyclic) bond motifs is 1. The number of carbonyl (C=O) groups excluding carboxylic acids is 1. The highest BCUT2D eigenvalue weighted by molar-refractivity contribution is 5.93. The quantitative estimate of drug-likeness (QED) is 0.731. The molecule has 114 valence electrons. The van der Waals surface area contributed by atoms with Crippen LogP contribution in [-0.2, 0) is 0 Å². The first-order valence-electron chi connectivity index (χ1n) is 7.49. The number of nitrogen functional groups attached to an aromatic ring is 1. The average molecular weight is 291 g/mol. The number of nitrogens with one attached hydrogen (secondary N) is 2. The smallest absolute Gasteiger partial charge is 0.319 e. The fourth-order valence-electron chi connectivity index (χ4n) is 2.75. The van der Waals surface area contributed by atoms with Crippen LogP contribution in [0, 0.1) is 0 Å². The van der Waals surface area contributed by atoms with Gasteiger partial charge in [0.1, 0.15) is 0 Å². The van der Waals surface area contributed by atoms with Crippen molar-refractivity contribution >= 4 is 17.4 Å². The molecule has 6 heteroatoms. The molecule has 6 nitrogen and oxygen atoms in total. The highest BCUT2D eigenvalue weighted by Crippen LogP contribution is 2.36. The predicted molar refractivity (Wildman–Crippen MR) is 80.9 cm³/mol. The third kappa shape index (κ3) is 3.32. The molecule has 2 amide bonds. The lowest BCUT2D eigenvalue weighted by atomic mass is 10.2. The minimum absolute atomic E-state index is 0.219. The molecule has 0 unspecified atom stereocenters. The van der Waals surface area contributed by atoms with Gasteiger partial charge in [-0.25, -0.2) is 4.79 Å². The van der Waals surface area contributed by atoms with Gasteiger partial charge in [0.15, 0.2) is 11.5 Å². The molecule has 1 aromatic rings. The number of hydrogen-bond donors (Lipinski definition) is 3. The van der Waals surface area contributed by atoms with Gasteiger partial charge in [0.05, 0.1) is 24.6 Å². The molecule has 21 heavy (non-hydrogen) atoms. The summed E-state index contributed by atoms with van der Waals surface area (Å²) >= 11 is 0. The van der Waals surface area contributed by atoms with E-state index in [4.69, 9.17) is 15.2 Å². The van der Waals surface area contributed by atoms with Crippen molar-refractivity contribution in [3.8, 4) is 11.5 Å². The Balaban J connectivity index is 1.69. The Labute approximate surface area is 124 Å². The van der Waals surface area contributed by atoms with Crippen LogP contribution in [0.25, 0.3) is 0 Å². The highest BCUT2D eigenvalue weighted by atomic mass is 16.5. The molecule has 1 saturated carbocycles. The highest BCUT2D eigenvalue weighted by Gasteiger charge is 2.19. The molecule has 1 fully saturated rings. The number of urea groups is 1. The zero-order chi connectivity index (χ0) is 14.7. The molecule has 4 N–H and O–H groups in total. The molecule has 1 aromatic carbocycles. The molecule has 2 aliphatic rings. The number of anilines is 2. The van der Waals surface area contributed by atoms with E-state index in [1.54, 1.807) is 12.1 Å². The number of rotatable bonds is 2. The Morgan fingerprint density at radius 3 is 2.48 bits per heavy atom. The van der Waals surface area contributed by atoms with Crippen LogP contribution >= 0.6 is 0 Å². The number of ether oxygens (including phenoxy) is 2. The topological polar surface area (TPSA) is 85.6 Å². The molecule has 0 atom stereocenters. The third-order valence-corrected chi connectivity index (χ3v) is 3.86. The minimum Gasteiger partial charge on any atom is -0.489 e. The number of benzene rings is 1. The van der Waals surface area contributed by atoms with Gasteiger partial charge in [0, 0.05) is 24.6 Å². The van der Waals surface area contributed by atoms with Crippen LogP contribution in [0.4, 0.5) is 16.2 Å². The number of hydrogen-bond acceptors (Lipinski definition) is 4. The van der Waals surface area contributed by atoms with Crippen molar-refractivity contribution in [3.63, 3.8) is 0 Å². The molecule has 0 saturated heterocycles. The summed E-state index contributed by atoms with van der Waals surface area (Å²) in [6, 6.07) is 3.48. The van der Waals surface area contributed by atoms with Gasteiger partial charge < -0.3 is 25.8 Å². The Bertz CT molecular complexity index is 527. The van der Waals surface area contributed by atoms with Gasteiger partial charge in [-0.3, -0.25) is 0 Å². The summed E-state index contributed by atoms with van der Waals surface area (Å²) in [4.78, 5) is 12.0. The van der Waals surface area contributed by atoms with E-state index in [2.05, 4.69) is 10.6 Å². The van der Waals surface area contributed by atoms with E-state index in [0.29, 0.717) is 36.1 Å². The predicted octanol–water partition coefficient (Wildman–Crippen LogP) is 2.49. The second-order valence-corrected chi connectivity index (χ2v) is 5.52. The first-order chi connectivity index (χ1) is 10.2. The van der Waals surface area contributed by atoms with Crippen molar-refractivity contribution < 1.29 is 14.3 Å². The third-order valence-electron chi connectivity index (χ3n) is 3.86. The average Bonchev–Trinajstić information content (AvgIpc) is 2.85. The van der Waals surface area contributed by atoms with Crippen LogP contribution in [0.5, 0.6) is 11.5 Å². The first-order valence-corrected chi connectivity index (χ1v) is 7.49. The molecular formula is C15H21N3O3. The summed E-state index contributed by atoms with van der Waals surface area (Å²) in [6.45, 7) is 1.21. The molecule has 1 aliphatic carbocycles. The Morgan fingerprint density at radius 1 is 1.10 bits per heavy atom. The molecule has 0 spiro atoms. The second kappa shape index (κ2) is 6.11. The van der Waals surface area contributed by atoms with Gasteiger partial charge in [0.2, 0.25) is 0 Å². The Hall–Kier alpha value is -2.11. The van der Waals surface area contributed by atoms with Crippen molar-refractivity contribution in [2.24, 2.45) is 0 Å². The SMILES string of the molecule is Nc1cc2c(cc1NC(=O)NC1CCCC1)OCCCO2. The van der Waals surface area contributed by atoms with Crippen molar-refractivity contribution in [1.29, 1.82) is 0 Å². The van der Waals surface area contributed by atoms with E-state index in [9.17, 15) is 4.79 Å². The van der Waals surface area contributed by atoms with Crippen LogP contribution in [-0.4, -0.2) is 25.3 Å². The molecule has 1 heterocycles. The van der Waals surface area contributed by atoms with E-state index in [1.165, 1.54) is 12.8 Å². The maximum atomic E-state index is 12.0. The lowest BCUT2D eigenvalue weighted by Crippen LogP contribution is -2.36. The van der Waals surface area contributed by atoms with Crippen LogP contribution < -0.4 is 25.8 Å². The molecule has 0 radical (unpaired) electrons. The lowest BCUT2D eigenvalue weighted by molar-refractivity contribution is 0.248. The van der Waals surface area contributed by atoms with E-state index in [1.807, 2.05) is 0 Å². The van der Waals surface area contributed by atoms with Gasteiger partial charge in [-0.05, 0) is 12.8 Å². The normalized spacial score (nSPS) is 18.1. The molecule has 3 rings (SSSR count). The zero-order valence-electron chi connectivity index (χ0n) is 12.0. The van der Waals surface area contributed by atoms with Crippen LogP contribution in [0.2, 0.25) is 0 Å². The molecule has 0 bridgehead atoms. The molecule has 1 aliphatic heterocycles. The molecular weight excluding hydrogens is 270 g/mol. The lowest BCUT2D eigenvalue weighted by Gasteiger charge is -2.16. The van der Waals surface area contributed by atoms with Crippen molar-refractivity contribution in [3.05, 3.63) is 12.1 Å². The van der Waals surface area contributed by atoms with E-state index < -0.39 is 0 Å². The van der Waals surface area contributed by atoms with Gasteiger partial charge in [0.25, 0.3) is 0 Å². The van der Waals surface area contributed by atoms with Crippen molar-refractivity contribution in [2.45, 2.75) is 38.1 Å². The van der Waals surface area contributed by atoms with Crippen LogP contribution in [0.15, 0.2) is 12.1 Å². The number of carbonyl (C=O) groups is 1. The van der Waals surface area contributed by atoms with Gasteiger partial charge in [-0.1, -0.05) is 12.8 Å². The Morgan fingerprint density at radius 2 is 1.76 bits per heavy atom. The fraction of sp³-hybridized carbons (Fsp3) is 0.533. The standard InChI is InChI=1S/C15H21N3O3/c16-11-8-13-14(21-7-3-6-20-13)9-12(11)18-15(19)17-10-4-1-2-5-10/h8-10H,1-7,16H2,(H2,17,18,19). The summed E-state index contributed by atoms with van der Waals surface area (Å²) in [6.07, 6.45) is 5.28. The Kier molecular flexibility index (Phi) is 4.03. The number of nitrogens with two attached hydrogens (primary N) is 1. The monoisotopic (exact) mass is 291 g/mol. The summed E-state index contributed by atoms with van der Waals surface area (Å²) in [5.41, 5.74) is 7.00. The van der Waals surface area contributed by atoms with Crippen molar-refractivity contribution in [2.75, 3.05) is 24.3 Å². The van der Waals surface area contributed by atoms with Gasteiger partial charge in [-0.2, -0.15) is 0 Å². The molecule has 0 aromatic heterocycles. The van der Waals surface area contributed by atoms with Gasteiger partial charge >= 0.3 is 6.03 Å². The number of amides is 2. The summed E-state index contributed by atoms with van der Waals surface area (Å²) in [5, 5.41) is 5.77. The second-order valence-electron chi connectivity index (χ2n) is 5.52. The summed E-state index contributed by atoms with van der Waals surface area (Å²) < 4.78 is 11.2. The van der Waals surface area contributed by atoms with Gasteiger partial charge in [-0.15, -0.1) is 0 Å². The van der Waals surface area contributed by atoms with E-state index >= 15 is 0 Å². The summed E-state index contributed by atoms with van der Waals surface area (Å²) in [7, 11) is 0. The zero-order valence-corrected chi connectivity index (χ0v) is 12.0.